The molecule has 72 valence electrons. The van der Waals surface area contributed by atoms with Crippen LogP contribution in [0.1, 0.15) is 32.6 Å². The average molecular weight is 180 g/mol. The smallest absolute Gasteiger partial charge is 0.125 e. The molecule has 0 saturated heterocycles. The van der Waals surface area contributed by atoms with Crippen molar-refractivity contribution in [1.29, 1.82) is 0 Å². The first-order valence-corrected chi connectivity index (χ1v) is 5.03. The Bertz CT molecular complexity index is 231. The van der Waals surface area contributed by atoms with E-state index in [0.29, 0.717) is 0 Å². The van der Waals surface area contributed by atoms with Gasteiger partial charge in [0, 0.05) is 5.92 Å². The van der Waals surface area contributed by atoms with E-state index in [9.17, 15) is 4.79 Å². The molecule has 1 fully saturated rings. The lowest BCUT2D eigenvalue weighted by Gasteiger charge is -2.31. The van der Waals surface area contributed by atoms with E-state index in [0.717, 1.165) is 19.1 Å². The second-order valence-electron chi connectivity index (χ2n) is 4.23. The van der Waals surface area contributed by atoms with Crippen LogP contribution in [-0.4, -0.2) is 24.2 Å². The Morgan fingerprint density at radius 3 is 2.92 bits per heavy atom. The van der Waals surface area contributed by atoms with Crippen LogP contribution < -0.4 is 5.32 Å². The Morgan fingerprint density at radius 2 is 2.31 bits per heavy atom. The quantitative estimate of drug-likeness (QED) is 0.647. The molecule has 0 bridgehead atoms. The van der Waals surface area contributed by atoms with Gasteiger partial charge in [-0.05, 0) is 12.8 Å². The van der Waals surface area contributed by atoms with Gasteiger partial charge in [0.1, 0.15) is 6.29 Å². The monoisotopic (exact) mass is 180 g/mol. The molecule has 1 heterocycles. The summed E-state index contributed by atoms with van der Waals surface area (Å²) in [6.07, 6.45) is 7.66. The Balaban J connectivity index is 2.16. The molecular formula is C10H16N2O. The van der Waals surface area contributed by atoms with E-state index in [1.165, 1.54) is 12.8 Å². The molecular weight excluding hydrogens is 164 g/mol. The first-order valence-electron chi connectivity index (χ1n) is 5.03. The molecule has 3 nitrogen and oxygen atoms in total. The summed E-state index contributed by atoms with van der Waals surface area (Å²) in [5.74, 6) is 0.0457. The molecule has 13 heavy (non-hydrogen) atoms. The molecule has 2 aliphatic rings. The van der Waals surface area contributed by atoms with Crippen LogP contribution in [0.2, 0.25) is 0 Å². The van der Waals surface area contributed by atoms with Gasteiger partial charge < -0.3 is 10.1 Å². The molecule has 2 unspecified atom stereocenters. The van der Waals surface area contributed by atoms with Gasteiger partial charge in [-0.15, -0.1) is 0 Å². The molecule has 1 spiro atoms. The highest BCUT2D eigenvalue weighted by molar-refractivity contribution is 5.64. The molecule has 0 radical (unpaired) electrons. The number of carbonyl (C=O) groups is 1. The predicted octanol–water partition coefficient (Wildman–Crippen LogP) is 1.13. The van der Waals surface area contributed by atoms with Crippen molar-refractivity contribution >= 4 is 12.6 Å². The standard InChI is InChI=1S/C10H16N2O/c1-8(6-13)9-10(12-7-11-9)4-2-3-5-10/h6-9H,2-5H2,1H3,(H,11,12). The second kappa shape index (κ2) is 3.13. The zero-order valence-electron chi connectivity index (χ0n) is 7.99. The van der Waals surface area contributed by atoms with Crippen LogP contribution >= 0.6 is 0 Å². The molecule has 3 heteroatoms. The van der Waals surface area contributed by atoms with E-state index in [2.05, 4.69) is 10.3 Å². The van der Waals surface area contributed by atoms with Crippen molar-refractivity contribution in [2.75, 3.05) is 0 Å². The second-order valence-corrected chi connectivity index (χ2v) is 4.23. The normalized spacial score (nSPS) is 31.9. The predicted molar refractivity (Wildman–Crippen MR) is 51.8 cm³/mol. The van der Waals surface area contributed by atoms with Crippen LogP contribution in [0.5, 0.6) is 0 Å². The minimum atomic E-state index is 0.0457. The maximum absolute atomic E-state index is 10.7. The first kappa shape index (κ1) is 8.73. The van der Waals surface area contributed by atoms with Gasteiger partial charge in [0.15, 0.2) is 0 Å². The van der Waals surface area contributed by atoms with Gasteiger partial charge in [0.2, 0.25) is 0 Å². The largest absolute Gasteiger partial charge is 0.369 e. The van der Waals surface area contributed by atoms with Gasteiger partial charge in [-0.2, -0.15) is 0 Å². The van der Waals surface area contributed by atoms with Gasteiger partial charge in [-0.3, -0.25) is 4.99 Å². The van der Waals surface area contributed by atoms with Gasteiger partial charge in [0.25, 0.3) is 0 Å². The third-order valence-corrected chi connectivity index (χ3v) is 3.36. The number of nitrogens with zero attached hydrogens (tertiary/aromatic N) is 1. The van der Waals surface area contributed by atoms with Crippen LogP contribution in [0.25, 0.3) is 0 Å². The fourth-order valence-electron chi connectivity index (χ4n) is 2.63. The van der Waals surface area contributed by atoms with E-state index in [1.807, 2.05) is 6.92 Å². The van der Waals surface area contributed by atoms with E-state index in [1.54, 1.807) is 6.34 Å². The zero-order chi connectivity index (χ0) is 9.31. The SMILES string of the molecule is CC(C=O)C1N=CNC12CCCC2. The van der Waals surface area contributed by atoms with Gasteiger partial charge >= 0.3 is 0 Å². The van der Waals surface area contributed by atoms with Gasteiger partial charge in [0.05, 0.1) is 17.9 Å². The summed E-state index contributed by atoms with van der Waals surface area (Å²) in [5.41, 5.74) is 0.125. The number of carbonyl (C=O) groups excluding carboxylic acids is 1. The van der Waals surface area contributed by atoms with E-state index < -0.39 is 0 Å². The molecule has 1 aliphatic carbocycles. The van der Waals surface area contributed by atoms with E-state index in [4.69, 9.17) is 0 Å². The third kappa shape index (κ3) is 1.26. The first-order chi connectivity index (χ1) is 6.28. The molecule has 1 aliphatic heterocycles. The molecule has 2 atom stereocenters. The molecule has 0 aromatic carbocycles. The average Bonchev–Trinajstić information content (AvgIpc) is 2.76. The highest BCUT2D eigenvalue weighted by Crippen LogP contribution is 2.38. The summed E-state index contributed by atoms with van der Waals surface area (Å²) in [4.78, 5) is 15.1. The lowest BCUT2D eigenvalue weighted by Crippen LogP contribution is -2.49. The highest BCUT2D eigenvalue weighted by Gasteiger charge is 2.45. The summed E-state index contributed by atoms with van der Waals surface area (Å²) in [5, 5.41) is 3.35. The van der Waals surface area contributed by atoms with Crippen molar-refractivity contribution < 1.29 is 4.79 Å². The fourth-order valence-corrected chi connectivity index (χ4v) is 2.63. The zero-order valence-corrected chi connectivity index (χ0v) is 7.99. The molecule has 2 rings (SSSR count). The summed E-state index contributed by atoms with van der Waals surface area (Å²) >= 11 is 0. The van der Waals surface area contributed by atoms with E-state index >= 15 is 0 Å². The number of hydrogen-bond acceptors (Lipinski definition) is 3. The van der Waals surface area contributed by atoms with Crippen molar-refractivity contribution in [2.24, 2.45) is 10.9 Å². The minimum Gasteiger partial charge on any atom is -0.369 e. The molecule has 1 saturated carbocycles. The lowest BCUT2D eigenvalue weighted by molar-refractivity contribution is -0.111. The topological polar surface area (TPSA) is 41.5 Å². The number of hydrogen-bond donors (Lipinski definition) is 1. The summed E-state index contributed by atoms with van der Waals surface area (Å²) in [6.45, 7) is 1.96. The number of aliphatic imine (C=N–C) groups is 1. The van der Waals surface area contributed by atoms with Crippen LogP contribution in [-0.2, 0) is 4.79 Å². The molecule has 0 amide bonds. The van der Waals surface area contributed by atoms with Crippen molar-refractivity contribution in [3.8, 4) is 0 Å². The van der Waals surface area contributed by atoms with Crippen LogP contribution in [0, 0.1) is 5.92 Å². The maximum Gasteiger partial charge on any atom is 0.125 e. The molecule has 0 aromatic heterocycles. The summed E-state index contributed by atoms with van der Waals surface area (Å²) in [7, 11) is 0. The van der Waals surface area contributed by atoms with Crippen molar-refractivity contribution in [3.63, 3.8) is 0 Å². The summed E-state index contributed by atoms with van der Waals surface area (Å²) in [6, 6.07) is 0.174. The highest BCUT2D eigenvalue weighted by atomic mass is 16.1. The minimum absolute atomic E-state index is 0.0457. The Morgan fingerprint density at radius 1 is 1.62 bits per heavy atom. The fraction of sp³-hybridized carbons (Fsp3) is 0.800. The molecule has 0 aromatic rings. The Kier molecular flexibility index (Phi) is 2.10. The van der Waals surface area contributed by atoms with Crippen LogP contribution in [0.15, 0.2) is 4.99 Å². The Labute approximate surface area is 78.6 Å². The van der Waals surface area contributed by atoms with Gasteiger partial charge in [-0.1, -0.05) is 19.8 Å². The lowest BCUT2D eigenvalue weighted by atomic mass is 9.83. The van der Waals surface area contributed by atoms with E-state index in [-0.39, 0.29) is 17.5 Å². The number of nitrogens with one attached hydrogen (secondary N) is 1. The van der Waals surface area contributed by atoms with Crippen molar-refractivity contribution in [3.05, 3.63) is 0 Å². The van der Waals surface area contributed by atoms with Crippen molar-refractivity contribution in [2.45, 2.75) is 44.2 Å². The molecule has 1 N–H and O–H groups in total. The summed E-state index contributed by atoms with van der Waals surface area (Å²) < 4.78 is 0. The van der Waals surface area contributed by atoms with Crippen LogP contribution in [0.3, 0.4) is 0 Å². The maximum atomic E-state index is 10.7. The van der Waals surface area contributed by atoms with Crippen molar-refractivity contribution in [1.82, 2.24) is 5.32 Å². The number of rotatable bonds is 2. The Hall–Kier alpha value is -0.860. The van der Waals surface area contributed by atoms with Gasteiger partial charge in [-0.25, -0.2) is 0 Å². The third-order valence-electron chi connectivity index (χ3n) is 3.36. The van der Waals surface area contributed by atoms with Crippen LogP contribution in [0.4, 0.5) is 0 Å². The number of aldehydes is 1.